The fourth-order valence-corrected chi connectivity index (χ4v) is 1.89. The van der Waals surface area contributed by atoms with Crippen molar-refractivity contribution in [2.75, 3.05) is 20.7 Å². The summed E-state index contributed by atoms with van der Waals surface area (Å²) in [6, 6.07) is 3.27. The summed E-state index contributed by atoms with van der Waals surface area (Å²) in [6.45, 7) is 2.03. The van der Waals surface area contributed by atoms with Gasteiger partial charge in [-0.25, -0.2) is 4.98 Å². The van der Waals surface area contributed by atoms with E-state index in [1.54, 1.807) is 32.3 Å². The van der Waals surface area contributed by atoms with Gasteiger partial charge in [-0.3, -0.25) is 9.59 Å². The predicted octanol–water partition coefficient (Wildman–Crippen LogP) is 1.73. The summed E-state index contributed by atoms with van der Waals surface area (Å²) in [5, 5.41) is 0. The number of nitrogens with zero attached hydrogens (tertiary/aromatic N) is 2. The number of methoxy groups -OCH3 is 1. The van der Waals surface area contributed by atoms with E-state index < -0.39 is 0 Å². The summed E-state index contributed by atoms with van der Waals surface area (Å²) in [7, 11) is 2.98. The van der Waals surface area contributed by atoms with Crippen molar-refractivity contribution in [1.82, 2.24) is 9.88 Å². The number of carbonyl (C=O) groups excluding carboxylic acids is 2. The molecule has 0 aliphatic heterocycles. The smallest absolute Gasteiger partial charge is 0.310 e. The van der Waals surface area contributed by atoms with Gasteiger partial charge in [0.15, 0.2) is 0 Å². The molecule has 0 aliphatic rings. The van der Waals surface area contributed by atoms with Gasteiger partial charge in [0.1, 0.15) is 4.60 Å². The highest BCUT2D eigenvalue weighted by Gasteiger charge is 2.19. The molecule has 0 N–H and O–H groups in total. The molecule has 0 bridgehead atoms. The van der Waals surface area contributed by atoms with Crippen LogP contribution in [0.25, 0.3) is 0 Å². The van der Waals surface area contributed by atoms with Crippen molar-refractivity contribution in [1.29, 1.82) is 0 Å². The lowest BCUT2D eigenvalue weighted by Crippen LogP contribution is -2.34. The Morgan fingerprint density at radius 3 is 2.78 bits per heavy atom. The summed E-state index contributed by atoms with van der Waals surface area (Å²) in [5.41, 5.74) is 0.524. The molecule has 98 valence electrons. The molecule has 0 spiro atoms. The van der Waals surface area contributed by atoms with E-state index in [-0.39, 0.29) is 17.8 Å². The molecule has 1 heterocycles. The van der Waals surface area contributed by atoms with Crippen molar-refractivity contribution in [3.8, 4) is 0 Å². The minimum absolute atomic E-state index is 0.158. The second kappa shape index (κ2) is 6.49. The lowest BCUT2D eigenvalue weighted by Gasteiger charge is -2.20. The molecular formula is C12H15BrN2O3. The second-order valence-electron chi connectivity index (χ2n) is 3.98. The number of carbonyl (C=O) groups is 2. The maximum Gasteiger partial charge on any atom is 0.310 e. The Labute approximate surface area is 114 Å². The molecule has 1 aromatic heterocycles. The van der Waals surface area contributed by atoms with E-state index in [0.717, 1.165) is 0 Å². The number of pyridine rings is 1. The lowest BCUT2D eigenvalue weighted by molar-refractivity contribution is -0.145. The summed E-state index contributed by atoms with van der Waals surface area (Å²) < 4.78 is 5.22. The molecule has 1 unspecified atom stereocenters. The van der Waals surface area contributed by atoms with Gasteiger partial charge in [-0.05, 0) is 28.1 Å². The number of halogens is 1. The van der Waals surface area contributed by atoms with Gasteiger partial charge in [-0.15, -0.1) is 0 Å². The van der Waals surface area contributed by atoms with E-state index >= 15 is 0 Å². The Balaban J connectivity index is 2.70. The van der Waals surface area contributed by atoms with E-state index in [1.807, 2.05) is 0 Å². The standard InChI is InChI=1S/C12H15BrN2O3/c1-8(12(17)18-3)7-15(2)11(16)9-4-5-14-10(13)6-9/h4-6,8H,7H2,1-3H3. The first kappa shape index (κ1) is 14.6. The van der Waals surface area contributed by atoms with Crippen molar-refractivity contribution in [3.05, 3.63) is 28.5 Å². The number of esters is 1. The van der Waals surface area contributed by atoms with E-state index in [0.29, 0.717) is 16.7 Å². The Morgan fingerprint density at radius 2 is 2.22 bits per heavy atom. The molecule has 1 aromatic rings. The molecule has 1 amide bonds. The van der Waals surface area contributed by atoms with Gasteiger partial charge in [0.05, 0.1) is 13.0 Å². The van der Waals surface area contributed by atoms with Crippen LogP contribution in [0.1, 0.15) is 17.3 Å². The molecule has 0 saturated carbocycles. The lowest BCUT2D eigenvalue weighted by atomic mass is 10.1. The largest absolute Gasteiger partial charge is 0.469 e. The highest BCUT2D eigenvalue weighted by molar-refractivity contribution is 9.10. The van der Waals surface area contributed by atoms with Crippen molar-refractivity contribution in [3.63, 3.8) is 0 Å². The van der Waals surface area contributed by atoms with Gasteiger partial charge in [0.25, 0.3) is 5.91 Å². The van der Waals surface area contributed by atoms with Crippen LogP contribution in [0, 0.1) is 5.92 Å². The molecule has 6 heteroatoms. The molecule has 1 atom stereocenters. The number of aromatic nitrogens is 1. The maximum absolute atomic E-state index is 12.1. The molecular weight excluding hydrogens is 300 g/mol. The van der Waals surface area contributed by atoms with Crippen LogP contribution in [0.4, 0.5) is 0 Å². The minimum atomic E-state index is -0.353. The van der Waals surface area contributed by atoms with Crippen molar-refractivity contribution in [2.24, 2.45) is 5.92 Å². The molecule has 1 rings (SSSR count). The fraction of sp³-hybridized carbons (Fsp3) is 0.417. The maximum atomic E-state index is 12.1. The quantitative estimate of drug-likeness (QED) is 0.627. The average molecular weight is 315 g/mol. The van der Waals surface area contributed by atoms with Crippen LogP contribution < -0.4 is 0 Å². The minimum Gasteiger partial charge on any atom is -0.469 e. The summed E-state index contributed by atoms with van der Waals surface area (Å²) >= 11 is 3.21. The topological polar surface area (TPSA) is 59.5 Å². The van der Waals surface area contributed by atoms with Crippen LogP contribution in [0.2, 0.25) is 0 Å². The molecule has 0 aromatic carbocycles. The molecule has 0 radical (unpaired) electrons. The van der Waals surface area contributed by atoms with E-state index in [4.69, 9.17) is 0 Å². The molecule has 18 heavy (non-hydrogen) atoms. The predicted molar refractivity (Wildman–Crippen MR) is 70.1 cm³/mol. The number of ether oxygens (including phenoxy) is 1. The van der Waals surface area contributed by atoms with Crippen LogP contribution in [0.3, 0.4) is 0 Å². The van der Waals surface area contributed by atoms with Crippen molar-refractivity contribution in [2.45, 2.75) is 6.92 Å². The summed E-state index contributed by atoms with van der Waals surface area (Å²) in [4.78, 5) is 28.8. The van der Waals surface area contributed by atoms with Crippen molar-refractivity contribution < 1.29 is 14.3 Å². The first-order valence-corrected chi connectivity index (χ1v) is 6.20. The van der Waals surface area contributed by atoms with E-state index in [1.165, 1.54) is 12.0 Å². The Bertz CT molecular complexity index is 451. The Morgan fingerprint density at radius 1 is 1.56 bits per heavy atom. The first-order valence-electron chi connectivity index (χ1n) is 5.40. The third kappa shape index (κ3) is 3.80. The average Bonchev–Trinajstić information content (AvgIpc) is 2.36. The van der Waals surface area contributed by atoms with Crippen LogP contribution in [-0.4, -0.2) is 42.5 Å². The normalized spacial score (nSPS) is 11.8. The first-order chi connectivity index (χ1) is 8.45. The van der Waals surface area contributed by atoms with Crippen LogP contribution in [0.5, 0.6) is 0 Å². The Hall–Kier alpha value is -1.43. The highest BCUT2D eigenvalue weighted by Crippen LogP contribution is 2.11. The highest BCUT2D eigenvalue weighted by atomic mass is 79.9. The summed E-state index contributed by atoms with van der Waals surface area (Å²) in [6.07, 6.45) is 1.55. The van der Waals surface area contributed by atoms with Crippen LogP contribution in [0.15, 0.2) is 22.9 Å². The van der Waals surface area contributed by atoms with Gasteiger partial charge in [-0.1, -0.05) is 6.92 Å². The van der Waals surface area contributed by atoms with E-state index in [9.17, 15) is 9.59 Å². The van der Waals surface area contributed by atoms with Gasteiger partial charge < -0.3 is 9.64 Å². The van der Waals surface area contributed by atoms with Gasteiger partial charge >= 0.3 is 5.97 Å². The third-order valence-electron chi connectivity index (χ3n) is 2.47. The molecule has 0 saturated heterocycles. The van der Waals surface area contributed by atoms with Gasteiger partial charge in [0, 0.05) is 25.4 Å². The number of hydrogen-bond donors (Lipinski definition) is 0. The van der Waals surface area contributed by atoms with E-state index in [2.05, 4.69) is 25.7 Å². The van der Waals surface area contributed by atoms with Gasteiger partial charge in [0.2, 0.25) is 0 Å². The molecule has 0 aliphatic carbocycles. The Kier molecular flexibility index (Phi) is 5.27. The zero-order valence-electron chi connectivity index (χ0n) is 10.5. The fourth-order valence-electron chi connectivity index (χ4n) is 1.53. The van der Waals surface area contributed by atoms with Gasteiger partial charge in [-0.2, -0.15) is 0 Å². The summed E-state index contributed by atoms with van der Waals surface area (Å²) in [5.74, 6) is -0.839. The molecule has 5 nitrogen and oxygen atoms in total. The SMILES string of the molecule is COC(=O)C(C)CN(C)C(=O)c1ccnc(Br)c1. The second-order valence-corrected chi connectivity index (χ2v) is 4.79. The number of rotatable bonds is 4. The zero-order valence-corrected chi connectivity index (χ0v) is 12.1. The van der Waals surface area contributed by atoms with Crippen LogP contribution >= 0.6 is 15.9 Å². The monoisotopic (exact) mass is 314 g/mol. The zero-order chi connectivity index (χ0) is 13.7. The van der Waals surface area contributed by atoms with Crippen LogP contribution in [-0.2, 0) is 9.53 Å². The van der Waals surface area contributed by atoms with Crippen molar-refractivity contribution >= 4 is 27.8 Å². The third-order valence-corrected chi connectivity index (χ3v) is 2.91. The number of amides is 1. The molecule has 0 fully saturated rings. The number of hydrogen-bond acceptors (Lipinski definition) is 4.